The molecule has 3 aromatic carbocycles. The summed E-state index contributed by atoms with van der Waals surface area (Å²) in [5.41, 5.74) is 6.35. The number of fused-ring (bicyclic) bond motifs is 3. The Labute approximate surface area is 311 Å². The van der Waals surface area contributed by atoms with E-state index >= 15 is 0 Å². The number of carbonyl (C=O) groups is 1. The topological polar surface area (TPSA) is 63.1 Å². The van der Waals surface area contributed by atoms with E-state index in [4.69, 9.17) is 9.97 Å². The number of rotatable bonds is 10. The minimum absolute atomic E-state index is 0. The summed E-state index contributed by atoms with van der Waals surface area (Å²) < 4.78 is 0. The largest absolute Gasteiger partial charge is 0.512 e. The Kier molecular flexibility index (Phi) is 14.6. The SMILES string of the molecule is CCC(C)(CC)C(=O)/C=C(\O)C(C)(CC)CC.Cc1[c-]c(-c2nc(C(C)C)nc3c2ccc2cccc(C(C)C)c23)cc(C(C)(C)C)c1.[Ir]. The van der Waals surface area contributed by atoms with Gasteiger partial charge in [0.1, 0.15) is 11.6 Å². The van der Waals surface area contributed by atoms with E-state index in [1.54, 1.807) is 0 Å². The quantitative estimate of drug-likeness (QED) is 0.0748. The number of hydrogen-bond acceptors (Lipinski definition) is 4. The van der Waals surface area contributed by atoms with Gasteiger partial charge in [-0.25, -0.2) is 4.98 Å². The van der Waals surface area contributed by atoms with Crippen molar-refractivity contribution in [2.45, 2.75) is 140 Å². The maximum atomic E-state index is 12.2. The van der Waals surface area contributed by atoms with Crippen molar-refractivity contribution in [2.75, 3.05) is 0 Å². The number of aromatic nitrogens is 2. The molecule has 0 atom stereocenters. The van der Waals surface area contributed by atoms with E-state index < -0.39 is 0 Å². The Bertz CT molecular complexity index is 1770. The van der Waals surface area contributed by atoms with Crippen LogP contribution in [0.4, 0.5) is 0 Å². The van der Waals surface area contributed by atoms with Crippen molar-refractivity contribution < 1.29 is 30.0 Å². The average Bonchev–Trinajstić information content (AvgIpc) is 3.05. The Morgan fingerprint density at radius 3 is 1.94 bits per heavy atom. The van der Waals surface area contributed by atoms with Gasteiger partial charge in [-0.3, -0.25) is 9.78 Å². The first-order valence-electron chi connectivity index (χ1n) is 18.1. The number of nitrogens with zero attached hydrogens (tertiary/aromatic N) is 2. The third-order valence-electron chi connectivity index (χ3n) is 10.6. The molecular weight excluding hydrogens is 781 g/mol. The van der Waals surface area contributed by atoms with E-state index in [1.807, 2.05) is 41.5 Å². The summed E-state index contributed by atoms with van der Waals surface area (Å²) in [7, 11) is 0. The van der Waals surface area contributed by atoms with Crippen molar-refractivity contribution in [1.82, 2.24) is 9.97 Å². The second-order valence-electron chi connectivity index (χ2n) is 15.8. The van der Waals surface area contributed by atoms with Gasteiger partial charge in [0.25, 0.3) is 0 Å². The number of ketones is 1. The Morgan fingerprint density at radius 2 is 1.43 bits per heavy atom. The summed E-state index contributed by atoms with van der Waals surface area (Å²) in [6.45, 7) is 29.8. The van der Waals surface area contributed by atoms with E-state index in [0.29, 0.717) is 5.92 Å². The molecule has 4 rings (SSSR count). The molecule has 0 saturated heterocycles. The monoisotopic (exact) mass is 842 g/mol. The van der Waals surface area contributed by atoms with Gasteiger partial charge in [0.05, 0.1) is 5.52 Å². The van der Waals surface area contributed by atoms with Gasteiger partial charge in [0, 0.05) is 48.3 Å². The van der Waals surface area contributed by atoms with Crippen molar-refractivity contribution >= 4 is 27.5 Å². The number of aliphatic hydroxyl groups excluding tert-OH is 1. The summed E-state index contributed by atoms with van der Waals surface area (Å²) in [6.07, 6.45) is 4.75. The predicted molar refractivity (Wildman–Crippen MR) is 206 cm³/mol. The fourth-order valence-corrected chi connectivity index (χ4v) is 5.91. The molecule has 5 heteroatoms. The summed E-state index contributed by atoms with van der Waals surface area (Å²) in [5.74, 6) is 1.85. The third kappa shape index (κ3) is 9.47. The van der Waals surface area contributed by atoms with Crippen LogP contribution >= 0.6 is 0 Å². The fraction of sp³-hybridized carbons (Fsp3) is 0.523. The molecular formula is C44H61IrN2O2-. The molecule has 1 aromatic heterocycles. The molecule has 0 aliphatic carbocycles. The first-order valence-corrected chi connectivity index (χ1v) is 18.1. The molecule has 0 amide bonds. The van der Waals surface area contributed by atoms with Crippen molar-refractivity contribution in [3.8, 4) is 11.3 Å². The van der Waals surface area contributed by atoms with Crippen molar-refractivity contribution in [1.29, 1.82) is 0 Å². The molecule has 1 heterocycles. The second kappa shape index (κ2) is 16.9. The van der Waals surface area contributed by atoms with Crippen LogP contribution in [0.2, 0.25) is 0 Å². The van der Waals surface area contributed by atoms with Gasteiger partial charge in [0.15, 0.2) is 5.78 Å². The van der Waals surface area contributed by atoms with Gasteiger partial charge in [-0.2, -0.15) is 0 Å². The van der Waals surface area contributed by atoms with Gasteiger partial charge in [-0.1, -0.05) is 127 Å². The molecule has 0 bridgehead atoms. The van der Waals surface area contributed by atoms with Crippen LogP contribution in [0.15, 0.2) is 54.3 Å². The molecule has 0 saturated carbocycles. The molecule has 49 heavy (non-hydrogen) atoms. The maximum absolute atomic E-state index is 12.2. The van der Waals surface area contributed by atoms with Crippen LogP contribution in [0.1, 0.15) is 150 Å². The zero-order valence-electron chi connectivity index (χ0n) is 32.7. The number of aryl methyl sites for hydroxylation is 1. The van der Waals surface area contributed by atoms with E-state index in [1.165, 1.54) is 28.0 Å². The van der Waals surface area contributed by atoms with Crippen LogP contribution in [0.25, 0.3) is 32.9 Å². The zero-order chi connectivity index (χ0) is 36.2. The first kappa shape index (κ1) is 42.3. The van der Waals surface area contributed by atoms with Crippen LogP contribution in [0.3, 0.4) is 0 Å². The van der Waals surface area contributed by atoms with Crippen LogP contribution in [-0.4, -0.2) is 20.9 Å². The van der Waals surface area contributed by atoms with Crippen molar-refractivity contribution in [3.05, 3.63) is 82.9 Å². The fourth-order valence-electron chi connectivity index (χ4n) is 5.91. The molecule has 0 fully saturated rings. The Morgan fingerprint density at radius 1 is 0.837 bits per heavy atom. The molecule has 1 radical (unpaired) electrons. The molecule has 0 spiro atoms. The Balaban J connectivity index is 0.000000398. The minimum atomic E-state index is -0.337. The van der Waals surface area contributed by atoms with E-state index in [2.05, 4.69) is 104 Å². The summed E-state index contributed by atoms with van der Waals surface area (Å²) in [6, 6.07) is 19.1. The average molecular weight is 842 g/mol. The summed E-state index contributed by atoms with van der Waals surface area (Å²) in [5, 5.41) is 13.7. The molecule has 0 unspecified atom stereocenters. The number of aliphatic hydroxyl groups is 1. The predicted octanol–water partition coefficient (Wildman–Crippen LogP) is 12.8. The van der Waals surface area contributed by atoms with E-state index in [9.17, 15) is 9.90 Å². The molecule has 4 aromatic rings. The van der Waals surface area contributed by atoms with Crippen LogP contribution in [-0.2, 0) is 30.3 Å². The normalized spacial score (nSPS) is 12.7. The second-order valence-corrected chi connectivity index (χ2v) is 15.8. The summed E-state index contributed by atoms with van der Waals surface area (Å²) >= 11 is 0. The van der Waals surface area contributed by atoms with E-state index in [0.717, 1.165) is 59.2 Å². The molecule has 269 valence electrons. The van der Waals surface area contributed by atoms with Gasteiger partial charge >= 0.3 is 0 Å². The Hall–Kier alpha value is -2.88. The standard InChI is InChI=1S/C29H33N2.C15H28O2.Ir/c1-17(2)23-11-9-10-20-12-13-24-26(30-28(18(3)4)31-27(24)25(20)23)21-14-19(5)15-22(16-21)29(6,7)8;1-7-14(5,8-2)12(16)11-13(17)15(6,9-3)10-4;/h9-13,15-18H,1-8H3;11,16H,7-10H2,1-6H3;/q-1;;/b;12-11-;. The zero-order valence-corrected chi connectivity index (χ0v) is 35.1. The molecule has 1 N–H and O–H groups in total. The minimum Gasteiger partial charge on any atom is -0.512 e. The van der Waals surface area contributed by atoms with Crippen LogP contribution in [0.5, 0.6) is 0 Å². The number of benzene rings is 3. The van der Waals surface area contributed by atoms with Crippen LogP contribution in [0, 0.1) is 23.8 Å². The number of carbonyl (C=O) groups excluding carboxylic acids is 1. The van der Waals surface area contributed by atoms with Gasteiger partial charge in [-0.05, 0) is 59.0 Å². The van der Waals surface area contributed by atoms with Gasteiger partial charge < -0.3 is 5.11 Å². The molecule has 4 nitrogen and oxygen atoms in total. The van der Waals surface area contributed by atoms with Gasteiger partial charge in [-0.15, -0.1) is 34.9 Å². The first-order chi connectivity index (χ1) is 22.3. The third-order valence-corrected chi connectivity index (χ3v) is 10.6. The van der Waals surface area contributed by atoms with E-state index in [-0.39, 0.29) is 53.8 Å². The molecule has 0 aliphatic heterocycles. The van der Waals surface area contributed by atoms with Crippen LogP contribution < -0.4 is 0 Å². The molecule has 0 aliphatic rings. The van der Waals surface area contributed by atoms with Crippen molar-refractivity contribution in [3.63, 3.8) is 0 Å². The maximum Gasteiger partial charge on any atom is 0.164 e. The summed E-state index contributed by atoms with van der Waals surface area (Å²) in [4.78, 5) is 22.4. The van der Waals surface area contributed by atoms with Gasteiger partial charge in [0.2, 0.25) is 0 Å². The number of allylic oxidation sites excluding steroid dienone is 2. The van der Waals surface area contributed by atoms with Crippen molar-refractivity contribution in [2.24, 2.45) is 10.8 Å². The number of hydrogen-bond donors (Lipinski definition) is 1. The smallest absolute Gasteiger partial charge is 0.164 e.